The van der Waals surface area contributed by atoms with Crippen LogP contribution in [0.15, 0.2) is 0 Å². The van der Waals surface area contributed by atoms with Crippen LogP contribution >= 0.6 is 0 Å². The van der Waals surface area contributed by atoms with Crippen molar-refractivity contribution >= 4 is 16.0 Å². The molecule has 196 valence electrons. The molecule has 1 amide bonds. The summed E-state index contributed by atoms with van der Waals surface area (Å²) in [7, 11) is -4.06. The highest BCUT2D eigenvalue weighted by Crippen LogP contribution is 2.68. The molecule has 4 unspecified atom stereocenters. The van der Waals surface area contributed by atoms with Gasteiger partial charge in [-0.25, -0.2) is 0 Å². The lowest BCUT2D eigenvalue weighted by atomic mass is 9.43. The van der Waals surface area contributed by atoms with E-state index >= 15 is 0 Å². The molecule has 0 heterocycles. The number of carbonyl (C=O) groups excluding carboxylic acids is 1. The van der Waals surface area contributed by atoms with Crippen LogP contribution in [0.3, 0.4) is 0 Å². The Bertz CT molecular complexity index is 863. The molecule has 0 spiro atoms. The molecule has 0 saturated heterocycles. The molecule has 4 fully saturated rings. The standard InChI is InChI=1S/C26H45NO6S/c1-16(4-7-23(30)27-12-13-34(31,32)33)19-5-6-20-24-21(9-11-26(19,20)3)25(2)10-8-18(28)14-17(25)15-22(24)29/h16-22,24,28-29H,4-15H2,1-3H3,(H,27,30)(H,31,32,33)/t16-,17?,18-,19-,20?,21?,22-,24?,25+,26-/m1/s1. The highest BCUT2D eigenvalue weighted by molar-refractivity contribution is 7.85. The monoisotopic (exact) mass is 499 g/mol. The Morgan fingerprint density at radius 2 is 1.71 bits per heavy atom. The second-order valence-corrected chi connectivity index (χ2v) is 14.2. The first-order chi connectivity index (χ1) is 15.8. The highest BCUT2D eigenvalue weighted by atomic mass is 32.2. The molecule has 4 rings (SSSR count). The number of hydrogen-bond donors (Lipinski definition) is 4. The third-order valence-electron chi connectivity index (χ3n) is 10.9. The van der Waals surface area contributed by atoms with Crippen molar-refractivity contribution in [1.29, 1.82) is 0 Å². The number of amides is 1. The van der Waals surface area contributed by atoms with Gasteiger partial charge in [0.15, 0.2) is 0 Å². The fraction of sp³-hybridized carbons (Fsp3) is 0.962. The summed E-state index contributed by atoms with van der Waals surface area (Å²) in [4.78, 5) is 12.2. The summed E-state index contributed by atoms with van der Waals surface area (Å²) in [5, 5.41) is 24.2. The van der Waals surface area contributed by atoms with Crippen molar-refractivity contribution in [3.63, 3.8) is 0 Å². The van der Waals surface area contributed by atoms with Crippen molar-refractivity contribution in [2.24, 2.45) is 46.3 Å². The largest absolute Gasteiger partial charge is 0.393 e. The molecule has 10 atom stereocenters. The van der Waals surface area contributed by atoms with Crippen molar-refractivity contribution in [3.8, 4) is 0 Å². The number of fused-ring (bicyclic) bond motifs is 5. The molecular weight excluding hydrogens is 454 g/mol. The molecule has 0 radical (unpaired) electrons. The first-order valence-corrected chi connectivity index (χ1v) is 15.0. The summed E-state index contributed by atoms with van der Waals surface area (Å²) >= 11 is 0. The normalized spacial score (nSPS) is 45.1. The predicted molar refractivity (Wildman–Crippen MR) is 130 cm³/mol. The van der Waals surface area contributed by atoms with Gasteiger partial charge in [-0.2, -0.15) is 8.42 Å². The number of carbonyl (C=O) groups is 1. The third-order valence-corrected chi connectivity index (χ3v) is 11.6. The molecule has 0 aromatic rings. The van der Waals surface area contributed by atoms with E-state index in [1.807, 2.05) is 0 Å². The van der Waals surface area contributed by atoms with Crippen molar-refractivity contribution in [1.82, 2.24) is 5.32 Å². The Balaban J connectivity index is 1.39. The molecule has 7 nitrogen and oxygen atoms in total. The van der Waals surface area contributed by atoms with Crippen LogP contribution in [0.25, 0.3) is 0 Å². The van der Waals surface area contributed by atoms with Crippen molar-refractivity contribution in [2.75, 3.05) is 12.3 Å². The number of rotatable bonds is 7. The van der Waals surface area contributed by atoms with Crippen LogP contribution in [0.4, 0.5) is 0 Å². The lowest BCUT2D eigenvalue weighted by molar-refractivity contribution is -0.174. The van der Waals surface area contributed by atoms with Crippen LogP contribution in [0.5, 0.6) is 0 Å². The molecule has 4 aliphatic carbocycles. The summed E-state index contributed by atoms with van der Waals surface area (Å²) in [6, 6.07) is 0. The minimum atomic E-state index is -4.06. The lowest BCUT2D eigenvalue weighted by Gasteiger charge is -2.62. The molecule has 0 aliphatic heterocycles. The van der Waals surface area contributed by atoms with E-state index in [1.165, 1.54) is 6.42 Å². The van der Waals surface area contributed by atoms with Crippen LogP contribution < -0.4 is 5.32 Å². The van der Waals surface area contributed by atoms with E-state index in [1.54, 1.807) is 0 Å². The van der Waals surface area contributed by atoms with E-state index in [2.05, 4.69) is 26.1 Å². The number of nitrogens with one attached hydrogen (secondary N) is 1. The zero-order valence-electron chi connectivity index (χ0n) is 21.1. The molecule has 4 N–H and O–H groups in total. The van der Waals surface area contributed by atoms with E-state index in [0.29, 0.717) is 41.9 Å². The van der Waals surface area contributed by atoms with Crippen LogP contribution in [-0.2, 0) is 14.9 Å². The average molecular weight is 500 g/mol. The summed E-state index contributed by atoms with van der Waals surface area (Å²) in [5.74, 6) is 2.10. The van der Waals surface area contributed by atoms with Crippen LogP contribution in [-0.4, -0.2) is 53.6 Å². The predicted octanol–water partition coefficient (Wildman–Crippen LogP) is 3.40. The van der Waals surface area contributed by atoms with E-state index in [0.717, 1.165) is 51.4 Å². The Labute approximate surface area is 205 Å². The van der Waals surface area contributed by atoms with E-state index in [-0.39, 0.29) is 35.5 Å². The molecule has 34 heavy (non-hydrogen) atoms. The van der Waals surface area contributed by atoms with Gasteiger partial charge in [0.1, 0.15) is 0 Å². The molecule has 0 aromatic carbocycles. The maximum atomic E-state index is 12.2. The Morgan fingerprint density at radius 1 is 1.03 bits per heavy atom. The number of aliphatic hydroxyl groups excluding tert-OH is 2. The first-order valence-electron chi connectivity index (χ1n) is 13.4. The van der Waals surface area contributed by atoms with Gasteiger partial charge in [-0.15, -0.1) is 0 Å². The molecule has 4 saturated carbocycles. The van der Waals surface area contributed by atoms with Gasteiger partial charge in [0.25, 0.3) is 10.1 Å². The van der Waals surface area contributed by atoms with Crippen molar-refractivity contribution in [3.05, 3.63) is 0 Å². The Morgan fingerprint density at radius 3 is 2.41 bits per heavy atom. The topological polar surface area (TPSA) is 124 Å². The van der Waals surface area contributed by atoms with E-state index in [4.69, 9.17) is 4.55 Å². The maximum absolute atomic E-state index is 12.2. The van der Waals surface area contributed by atoms with Gasteiger partial charge in [0.05, 0.1) is 18.0 Å². The summed E-state index contributed by atoms with van der Waals surface area (Å²) < 4.78 is 30.5. The fourth-order valence-electron chi connectivity index (χ4n) is 9.14. The summed E-state index contributed by atoms with van der Waals surface area (Å²) in [6.45, 7) is 7.05. The van der Waals surface area contributed by atoms with Crippen LogP contribution in [0, 0.1) is 46.3 Å². The summed E-state index contributed by atoms with van der Waals surface area (Å²) in [6.07, 6.45) is 8.87. The van der Waals surface area contributed by atoms with Crippen molar-refractivity contribution in [2.45, 2.75) is 97.2 Å². The number of hydrogen-bond acceptors (Lipinski definition) is 5. The van der Waals surface area contributed by atoms with Gasteiger partial charge in [0.2, 0.25) is 5.91 Å². The van der Waals surface area contributed by atoms with Gasteiger partial charge in [0, 0.05) is 13.0 Å². The van der Waals surface area contributed by atoms with Gasteiger partial charge < -0.3 is 15.5 Å². The average Bonchev–Trinajstić information content (AvgIpc) is 3.09. The lowest BCUT2D eigenvalue weighted by Crippen LogP contribution is -2.58. The Hall–Kier alpha value is -0.700. The zero-order chi connectivity index (χ0) is 24.9. The third kappa shape index (κ3) is 4.94. The molecule has 0 aromatic heterocycles. The molecule has 8 heteroatoms. The van der Waals surface area contributed by atoms with Crippen LogP contribution in [0.2, 0.25) is 0 Å². The molecular formula is C26H45NO6S. The maximum Gasteiger partial charge on any atom is 0.266 e. The molecule has 0 bridgehead atoms. The molecule has 4 aliphatic rings. The van der Waals surface area contributed by atoms with Gasteiger partial charge in [-0.1, -0.05) is 20.8 Å². The highest BCUT2D eigenvalue weighted by Gasteiger charge is 2.62. The smallest absolute Gasteiger partial charge is 0.266 e. The summed E-state index contributed by atoms with van der Waals surface area (Å²) in [5.41, 5.74) is 0.411. The van der Waals surface area contributed by atoms with Gasteiger partial charge in [-0.3, -0.25) is 9.35 Å². The zero-order valence-corrected chi connectivity index (χ0v) is 21.9. The SMILES string of the molecule is C[C@H](CCC(=O)NCCS(=O)(=O)O)[C@H]1CCC2C3C(CC[C@@]21C)[C@@]1(C)CC[C@@H](O)CC1C[C@H]3O. The van der Waals surface area contributed by atoms with Gasteiger partial charge in [-0.05, 0) is 104 Å². The number of aliphatic hydroxyl groups is 2. The van der Waals surface area contributed by atoms with Gasteiger partial charge >= 0.3 is 0 Å². The first kappa shape index (κ1) is 26.4. The Kier molecular flexibility index (Phi) is 7.47. The van der Waals surface area contributed by atoms with Crippen LogP contribution in [0.1, 0.15) is 85.0 Å². The second-order valence-electron chi connectivity index (χ2n) is 12.6. The van der Waals surface area contributed by atoms with E-state index in [9.17, 15) is 23.4 Å². The quantitative estimate of drug-likeness (QED) is 0.398. The van der Waals surface area contributed by atoms with Crippen molar-refractivity contribution < 1.29 is 28.0 Å². The fourth-order valence-corrected chi connectivity index (χ4v) is 9.50. The van der Waals surface area contributed by atoms with E-state index < -0.39 is 15.9 Å². The minimum Gasteiger partial charge on any atom is -0.393 e. The minimum absolute atomic E-state index is 0.0625. The second kappa shape index (κ2) is 9.64.